The molecular formula is C13H27IN4O3S. The SMILES string of the molecule is C=C(C)CN=C(N)NCCS(=O)(=O)N1CC(C)OC(C)C1.I. The van der Waals surface area contributed by atoms with Crippen LogP contribution in [0.5, 0.6) is 0 Å². The standard InChI is InChI=1S/C13H26N4O3S.HI/c1-10(2)7-16-13(14)15-5-6-21(18,19)17-8-11(3)20-12(4)9-17;/h11-12H,1,5-9H2,2-4H3,(H3,14,15,16);1H. The molecule has 1 aliphatic heterocycles. The number of halogens is 1. The van der Waals surface area contributed by atoms with Crippen molar-refractivity contribution < 1.29 is 13.2 Å². The van der Waals surface area contributed by atoms with E-state index in [9.17, 15) is 8.42 Å². The van der Waals surface area contributed by atoms with Crippen molar-refractivity contribution >= 4 is 40.0 Å². The molecular weight excluding hydrogens is 419 g/mol. The van der Waals surface area contributed by atoms with E-state index >= 15 is 0 Å². The second-order valence-corrected chi connectivity index (χ2v) is 7.56. The van der Waals surface area contributed by atoms with Crippen molar-refractivity contribution in [3.8, 4) is 0 Å². The molecule has 22 heavy (non-hydrogen) atoms. The Labute approximate surface area is 150 Å². The van der Waals surface area contributed by atoms with Crippen molar-refractivity contribution in [1.82, 2.24) is 9.62 Å². The Balaban J connectivity index is 0.00000441. The molecule has 2 unspecified atom stereocenters. The monoisotopic (exact) mass is 446 g/mol. The van der Waals surface area contributed by atoms with Crippen LogP contribution in [0.1, 0.15) is 20.8 Å². The number of aliphatic imine (C=N–C) groups is 1. The first-order chi connectivity index (χ1) is 9.70. The van der Waals surface area contributed by atoms with Crippen molar-refractivity contribution in [2.24, 2.45) is 10.7 Å². The third kappa shape index (κ3) is 7.75. The summed E-state index contributed by atoms with van der Waals surface area (Å²) in [6, 6.07) is 0. The molecule has 0 aromatic rings. The topological polar surface area (TPSA) is 97.0 Å². The van der Waals surface area contributed by atoms with Gasteiger partial charge in [-0.05, 0) is 20.8 Å². The lowest BCUT2D eigenvalue weighted by molar-refractivity contribution is -0.0440. The zero-order valence-corrected chi connectivity index (χ0v) is 16.6. The molecule has 0 bridgehead atoms. The Hall–Kier alpha value is -0.390. The van der Waals surface area contributed by atoms with E-state index in [0.717, 1.165) is 5.57 Å². The number of sulfonamides is 1. The highest BCUT2D eigenvalue weighted by Gasteiger charge is 2.30. The van der Waals surface area contributed by atoms with Crippen molar-refractivity contribution in [3.63, 3.8) is 0 Å². The zero-order chi connectivity index (χ0) is 16.0. The average Bonchev–Trinajstić information content (AvgIpc) is 2.35. The minimum atomic E-state index is -3.31. The predicted octanol–water partition coefficient (Wildman–Crippen LogP) is 0.524. The van der Waals surface area contributed by atoms with Gasteiger partial charge in [0, 0.05) is 19.6 Å². The maximum absolute atomic E-state index is 12.3. The highest BCUT2D eigenvalue weighted by Crippen LogP contribution is 2.14. The third-order valence-electron chi connectivity index (χ3n) is 2.96. The molecule has 1 fully saturated rings. The molecule has 0 aromatic heterocycles. The van der Waals surface area contributed by atoms with Crippen LogP contribution in [0.15, 0.2) is 17.1 Å². The number of nitrogens with one attached hydrogen (secondary N) is 1. The third-order valence-corrected chi connectivity index (χ3v) is 4.77. The van der Waals surface area contributed by atoms with Gasteiger partial charge in [-0.15, -0.1) is 24.0 Å². The summed E-state index contributed by atoms with van der Waals surface area (Å²) in [4.78, 5) is 4.04. The Morgan fingerprint density at radius 1 is 1.41 bits per heavy atom. The van der Waals surface area contributed by atoms with Crippen LogP contribution in [0.3, 0.4) is 0 Å². The van der Waals surface area contributed by atoms with Gasteiger partial charge in [-0.25, -0.2) is 13.4 Å². The maximum Gasteiger partial charge on any atom is 0.216 e. The summed E-state index contributed by atoms with van der Waals surface area (Å²) in [5, 5.41) is 2.81. The summed E-state index contributed by atoms with van der Waals surface area (Å²) in [6.07, 6.45) is -0.169. The predicted molar refractivity (Wildman–Crippen MR) is 100 cm³/mol. The van der Waals surface area contributed by atoms with Crippen molar-refractivity contribution in [2.45, 2.75) is 33.0 Å². The normalized spacial score (nSPS) is 23.7. The first kappa shape index (κ1) is 21.6. The quantitative estimate of drug-likeness (QED) is 0.269. The van der Waals surface area contributed by atoms with Crippen LogP contribution >= 0.6 is 24.0 Å². The summed E-state index contributed by atoms with van der Waals surface area (Å²) in [5.41, 5.74) is 6.54. The smallest absolute Gasteiger partial charge is 0.216 e. The van der Waals surface area contributed by atoms with Gasteiger partial charge in [0.1, 0.15) is 0 Å². The minimum Gasteiger partial charge on any atom is -0.373 e. The summed E-state index contributed by atoms with van der Waals surface area (Å²) in [6.45, 7) is 10.8. The van der Waals surface area contributed by atoms with E-state index < -0.39 is 10.0 Å². The zero-order valence-electron chi connectivity index (χ0n) is 13.4. The Morgan fingerprint density at radius 2 is 1.95 bits per heavy atom. The minimum absolute atomic E-state index is 0. The molecule has 1 rings (SSSR count). The molecule has 7 nitrogen and oxygen atoms in total. The van der Waals surface area contributed by atoms with E-state index in [1.807, 2.05) is 20.8 Å². The number of ether oxygens (including phenoxy) is 1. The number of nitrogens with zero attached hydrogens (tertiary/aromatic N) is 2. The molecule has 2 atom stereocenters. The Kier molecular flexibility index (Phi) is 9.51. The van der Waals surface area contributed by atoms with Crippen LogP contribution in [-0.4, -0.2) is 62.8 Å². The van der Waals surface area contributed by atoms with Gasteiger partial charge in [-0.2, -0.15) is 4.31 Å². The van der Waals surface area contributed by atoms with Crippen molar-refractivity contribution in [3.05, 3.63) is 12.2 Å². The summed E-state index contributed by atoms with van der Waals surface area (Å²) in [5.74, 6) is 0.215. The molecule has 0 radical (unpaired) electrons. The number of hydrogen-bond acceptors (Lipinski definition) is 4. The van der Waals surface area contributed by atoms with E-state index in [1.165, 1.54) is 4.31 Å². The lowest BCUT2D eigenvalue weighted by Crippen LogP contribution is -2.50. The Bertz CT molecular complexity index is 486. The molecule has 0 saturated carbocycles. The van der Waals surface area contributed by atoms with Crippen molar-refractivity contribution in [1.29, 1.82) is 0 Å². The summed E-state index contributed by atoms with van der Waals surface area (Å²) >= 11 is 0. The van der Waals surface area contributed by atoms with Crippen LogP contribution in [0.4, 0.5) is 0 Å². The lowest BCUT2D eigenvalue weighted by atomic mass is 10.3. The van der Waals surface area contributed by atoms with E-state index in [-0.39, 0.29) is 54.4 Å². The number of morpholine rings is 1. The van der Waals surface area contributed by atoms with Crippen LogP contribution in [-0.2, 0) is 14.8 Å². The number of guanidine groups is 1. The molecule has 130 valence electrons. The van der Waals surface area contributed by atoms with Gasteiger partial charge < -0.3 is 15.8 Å². The Morgan fingerprint density at radius 3 is 2.45 bits per heavy atom. The average molecular weight is 446 g/mol. The van der Waals surface area contributed by atoms with E-state index in [2.05, 4.69) is 16.9 Å². The van der Waals surface area contributed by atoms with Crippen LogP contribution in [0, 0.1) is 0 Å². The van der Waals surface area contributed by atoms with Crippen LogP contribution in [0.2, 0.25) is 0 Å². The number of hydrogen-bond donors (Lipinski definition) is 2. The molecule has 1 aliphatic rings. The fourth-order valence-corrected chi connectivity index (χ4v) is 3.56. The first-order valence-corrected chi connectivity index (χ1v) is 8.63. The van der Waals surface area contributed by atoms with Gasteiger partial charge in [0.15, 0.2) is 5.96 Å². The number of rotatable bonds is 6. The van der Waals surface area contributed by atoms with Gasteiger partial charge >= 0.3 is 0 Å². The van der Waals surface area contributed by atoms with E-state index in [0.29, 0.717) is 19.6 Å². The summed E-state index contributed by atoms with van der Waals surface area (Å²) in [7, 11) is -3.31. The summed E-state index contributed by atoms with van der Waals surface area (Å²) < 4.78 is 31.5. The fourth-order valence-electron chi connectivity index (χ4n) is 2.07. The molecule has 1 saturated heterocycles. The van der Waals surface area contributed by atoms with Gasteiger partial charge in [0.05, 0.1) is 24.5 Å². The molecule has 0 aliphatic carbocycles. The van der Waals surface area contributed by atoms with Gasteiger partial charge in [-0.1, -0.05) is 12.2 Å². The molecule has 1 heterocycles. The largest absolute Gasteiger partial charge is 0.373 e. The highest BCUT2D eigenvalue weighted by molar-refractivity contribution is 14.0. The van der Waals surface area contributed by atoms with E-state index in [4.69, 9.17) is 10.5 Å². The maximum atomic E-state index is 12.3. The lowest BCUT2D eigenvalue weighted by Gasteiger charge is -2.34. The fraction of sp³-hybridized carbons (Fsp3) is 0.769. The molecule has 3 N–H and O–H groups in total. The number of nitrogens with two attached hydrogens (primary N) is 1. The van der Waals surface area contributed by atoms with Gasteiger partial charge in [0.25, 0.3) is 0 Å². The van der Waals surface area contributed by atoms with Crippen LogP contribution in [0.25, 0.3) is 0 Å². The molecule has 0 aromatic carbocycles. The van der Waals surface area contributed by atoms with Gasteiger partial charge in [0.2, 0.25) is 10.0 Å². The molecule has 0 spiro atoms. The highest BCUT2D eigenvalue weighted by atomic mass is 127. The van der Waals surface area contributed by atoms with Crippen molar-refractivity contribution in [2.75, 3.05) is 31.9 Å². The van der Waals surface area contributed by atoms with E-state index in [1.54, 1.807) is 0 Å². The molecule has 0 amide bonds. The molecule has 9 heteroatoms. The van der Waals surface area contributed by atoms with Gasteiger partial charge in [-0.3, -0.25) is 0 Å². The first-order valence-electron chi connectivity index (χ1n) is 7.02. The second kappa shape index (κ2) is 9.68. The van der Waals surface area contributed by atoms with Crippen LogP contribution < -0.4 is 11.1 Å². The second-order valence-electron chi connectivity index (χ2n) is 5.48.